The molecule has 4 heteroatoms. The smallest absolute Gasteiger partial charge is 0.223 e. The summed E-state index contributed by atoms with van der Waals surface area (Å²) in [5.74, 6) is 0.305. The third-order valence-corrected chi connectivity index (χ3v) is 4.22. The van der Waals surface area contributed by atoms with E-state index in [1.807, 2.05) is 18.2 Å². The van der Waals surface area contributed by atoms with Gasteiger partial charge in [-0.1, -0.05) is 12.1 Å². The second-order valence-corrected chi connectivity index (χ2v) is 5.52. The summed E-state index contributed by atoms with van der Waals surface area (Å²) in [6.07, 6.45) is 2.86. The van der Waals surface area contributed by atoms with E-state index in [1.165, 1.54) is 4.70 Å². The zero-order chi connectivity index (χ0) is 11.7. The van der Waals surface area contributed by atoms with Crippen LogP contribution < -0.4 is 5.32 Å². The lowest BCUT2D eigenvalue weighted by Crippen LogP contribution is -2.37. The van der Waals surface area contributed by atoms with Gasteiger partial charge in [-0.15, -0.1) is 11.3 Å². The van der Waals surface area contributed by atoms with Gasteiger partial charge in [0.25, 0.3) is 0 Å². The molecule has 0 bridgehead atoms. The number of rotatable bonds is 2. The van der Waals surface area contributed by atoms with E-state index in [0.29, 0.717) is 0 Å². The number of amides is 1. The quantitative estimate of drug-likeness (QED) is 0.884. The molecule has 0 saturated carbocycles. The summed E-state index contributed by atoms with van der Waals surface area (Å²) in [5.41, 5.74) is 1.05. The van der Waals surface area contributed by atoms with Gasteiger partial charge in [-0.05, 0) is 25.0 Å². The Balaban J connectivity index is 1.82. The van der Waals surface area contributed by atoms with E-state index in [1.54, 1.807) is 11.3 Å². The summed E-state index contributed by atoms with van der Waals surface area (Å²) in [4.78, 5) is 16.3. The first-order valence-corrected chi connectivity index (χ1v) is 6.77. The SMILES string of the molecule is O=C1NCCCC1Cc1nc2ccccc2s1. The van der Waals surface area contributed by atoms with Crippen LogP contribution in [-0.2, 0) is 11.2 Å². The zero-order valence-electron chi connectivity index (χ0n) is 9.48. The van der Waals surface area contributed by atoms with Crippen LogP contribution in [0.1, 0.15) is 17.8 Å². The Hall–Kier alpha value is -1.42. The molecular formula is C13H14N2OS. The lowest BCUT2D eigenvalue weighted by Gasteiger charge is -2.20. The molecule has 0 spiro atoms. The number of carbonyl (C=O) groups is 1. The molecule has 1 unspecified atom stereocenters. The topological polar surface area (TPSA) is 42.0 Å². The number of nitrogens with one attached hydrogen (secondary N) is 1. The number of thiazole rings is 1. The Labute approximate surface area is 104 Å². The molecule has 1 saturated heterocycles. The molecule has 1 aliphatic rings. The van der Waals surface area contributed by atoms with E-state index in [4.69, 9.17) is 0 Å². The molecule has 1 fully saturated rings. The highest BCUT2D eigenvalue weighted by Crippen LogP contribution is 2.25. The van der Waals surface area contributed by atoms with Crippen LogP contribution in [-0.4, -0.2) is 17.4 Å². The molecule has 3 rings (SSSR count). The van der Waals surface area contributed by atoms with Gasteiger partial charge in [-0.25, -0.2) is 4.98 Å². The largest absolute Gasteiger partial charge is 0.356 e. The van der Waals surface area contributed by atoms with Crippen molar-refractivity contribution >= 4 is 27.5 Å². The number of fused-ring (bicyclic) bond motifs is 1. The van der Waals surface area contributed by atoms with Crippen LogP contribution in [0.25, 0.3) is 10.2 Å². The fourth-order valence-corrected chi connectivity index (χ4v) is 3.30. The van der Waals surface area contributed by atoms with Gasteiger partial charge in [0.2, 0.25) is 5.91 Å². The van der Waals surface area contributed by atoms with Crippen molar-refractivity contribution in [1.82, 2.24) is 10.3 Å². The maximum Gasteiger partial charge on any atom is 0.223 e. The van der Waals surface area contributed by atoms with Crippen LogP contribution in [0.3, 0.4) is 0 Å². The molecular weight excluding hydrogens is 232 g/mol. The molecule has 1 aromatic carbocycles. The first kappa shape index (κ1) is 10.7. The highest BCUT2D eigenvalue weighted by molar-refractivity contribution is 7.18. The van der Waals surface area contributed by atoms with Gasteiger partial charge in [-0.2, -0.15) is 0 Å². The molecule has 1 amide bonds. The van der Waals surface area contributed by atoms with Gasteiger partial charge >= 0.3 is 0 Å². The van der Waals surface area contributed by atoms with E-state index < -0.39 is 0 Å². The van der Waals surface area contributed by atoms with Crippen LogP contribution in [0, 0.1) is 5.92 Å². The van der Waals surface area contributed by atoms with Gasteiger partial charge in [-0.3, -0.25) is 4.79 Å². The molecule has 3 nitrogen and oxygen atoms in total. The number of hydrogen-bond acceptors (Lipinski definition) is 3. The van der Waals surface area contributed by atoms with Crippen molar-refractivity contribution < 1.29 is 4.79 Å². The third-order valence-electron chi connectivity index (χ3n) is 3.16. The van der Waals surface area contributed by atoms with Crippen molar-refractivity contribution in [3.8, 4) is 0 Å². The molecule has 17 heavy (non-hydrogen) atoms. The van der Waals surface area contributed by atoms with Crippen LogP contribution in [0.2, 0.25) is 0 Å². The van der Waals surface area contributed by atoms with Crippen LogP contribution >= 0.6 is 11.3 Å². The number of hydrogen-bond donors (Lipinski definition) is 1. The molecule has 0 aliphatic carbocycles. The number of nitrogens with zero attached hydrogens (tertiary/aromatic N) is 1. The normalized spacial score (nSPS) is 20.5. The van der Waals surface area contributed by atoms with Crippen molar-refractivity contribution in [2.75, 3.05) is 6.54 Å². The molecule has 2 heterocycles. The minimum Gasteiger partial charge on any atom is -0.356 e. The van der Waals surface area contributed by atoms with E-state index in [-0.39, 0.29) is 11.8 Å². The lowest BCUT2D eigenvalue weighted by molar-refractivity contribution is -0.126. The average molecular weight is 246 g/mol. The summed E-state index contributed by atoms with van der Waals surface area (Å²) in [5, 5.41) is 4.00. The average Bonchev–Trinajstić information content (AvgIpc) is 2.74. The number of para-hydroxylation sites is 1. The Morgan fingerprint density at radius 1 is 1.41 bits per heavy atom. The Kier molecular flexibility index (Phi) is 2.81. The Bertz CT molecular complexity index is 516. The molecule has 88 valence electrons. The molecule has 2 aromatic rings. The number of aromatic nitrogens is 1. The van der Waals surface area contributed by atoms with Crippen molar-refractivity contribution in [2.24, 2.45) is 5.92 Å². The predicted molar refractivity (Wildman–Crippen MR) is 69.1 cm³/mol. The number of piperidine rings is 1. The Morgan fingerprint density at radius 3 is 3.12 bits per heavy atom. The highest BCUT2D eigenvalue weighted by atomic mass is 32.1. The maximum atomic E-state index is 11.7. The van der Waals surface area contributed by atoms with Gasteiger partial charge in [0.1, 0.15) is 0 Å². The number of carbonyl (C=O) groups excluding carboxylic acids is 1. The molecule has 0 radical (unpaired) electrons. The molecule has 1 N–H and O–H groups in total. The van der Waals surface area contributed by atoms with E-state index in [9.17, 15) is 4.79 Å². The fraction of sp³-hybridized carbons (Fsp3) is 0.385. The van der Waals surface area contributed by atoms with Crippen LogP contribution in [0.5, 0.6) is 0 Å². The minimum atomic E-state index is 0.115. The van der Waals surface area contributed by atoms with Gasteiger partial charge in [0.05, 0.1) is 15.2 Å². The van der Waals surface area contributed by atoms with Crippen LogP contribution in [0.4, 0.5) is 0 Å². The van der Waals surface area contributed by atoms with Gasteiger partial charge in [0, 0.05) is 18.9 Å². The summed E-state index contributed by atoms with van der Waals surface area (Å²) in [6.45, 7) is 0.829. The third kappa shape index (κ3) is 2.17. The first-order chi connectivity index (χ1) is 8.33. The summed E-state index contributed by atoms with van der Waals surface area (Å²) in [6, 6.07) is 8.13. The van der Waals surface area contributed by atoms with E-state index >= 15 is 0 Å². The predicted octanol–water partition coefficient (Wildman–Crippen LogP) is 2.37. The lowest BCUT2D eigenvalue weighted by atomic mass is 9.96. The second-order valence-electron chi connectivity index (χ2n) is 4.41. The standard InChI is InChI=1S/C13H14N2OS/c16-13-9(4-3-7-14-13)8-12-15-10-5-1-2-6-11(10)17-12/h1-2,5-6,9H,3-4,7-8H2,(H,14,16). The molecule has 1 aliphatic heterocycles. The van der Waals surface area contributed by atoms with E-state index in [0.717, 1.165) is 36.3 Å². The Morgan fingerprint density at radius 2 is 2.29 bits per heavy atom. The first-order valence-electron chi connectivity index (χ1n) is 5.95. The van der Waals surface area contributed by atoms with E-state index in [2.05, 4.69) is 16.4 Å². The van der Waals surface area contributed by atoms with Crippen molar-refractivity contribution in [3.63, 3.8) is 0 Å². The van der Waals surface area contributed by atoms with Gasteiger partial charge in [0.15, 0.2) is 0 Å². The van der Waals surface area contributed by atoms with Crippen molar-refractivity contribution in [3.05, 3.63) is 29.3 Å². The summed E-state index contributed by atoms with van der Waals surface area (Å²) in [7, 11) is 0. The fourth-order valence-electron chi connectivity index (χ4n) is 2.25. The van der Waals surface area contributed by atoms with Crippen molar-refractivity contribution in [1.29, 1.82) is 0 Å². The summed E-state index contributed by atoms with van der Waals surface area (Å²) >= 11 is 1.70. The monoisotopic (exact) mass is 246 g/mol. The highest BCUT2D eigenvalue weighted by Gasteiger charge is 2.23. The summed E-state index contributed by atoms with van der Waals surface area (Å²) < 4.78 is 1.21. The van der Waals surface area contributed by atoms with Gasteiger partial charge < -0.3 is 5.32 Å². The number of benzene rings is 1. The van der Waals surface area contributed by atoms with Crippen LogP contribution in [0.15, 0.2) is 24.3 Å². The molecule has 1 aromatic heterocycles. The van der Waals surface area contributed by atoms with Crippen molar-refractivity contribution in [2.45, 2.75) is 19.3 Å². The maximum absolute atomic E-state index is 11.7. The molecule has 1 atom stereocenters. The zero-order valence-corrected chi connectivity index (χ0v) is 10.3. The second kappa shape index (κ2) is 4.45. The minimum absolute atomic E-state index is 0.115.